The van der Waals surface area contributed by atoms with Crippen LogP contribution < -0.4 is 10.2 Å². The second-order valence-electron chi connectivity index (χ2n) is 6.42. The Morgan fingerprint density at radius 1 is 1.17 bits per heavy atom. The number of rotatable bonds is 4. The average Bonchev–Trinajstić information content (AvgIpc) is 2.70. The Balaban J connectivity index is 2.01. The Kier molecular flexibility index (Phi) is 5.98. The van der Waals surface area contributed by atoms with Crippen molar-refractivity contribution in [2.75, 3.05) is 17.3 Å². The highest BCUT2D eigenvalue weighted by molar-refractivity contribution is 6.33. The van der Waals surface area contributed by atoms with E-state index in [9.17, 15) is 18.8 Å². The SMILES string of the molecule is COC(=O)C1=C(C)N(c2ccc(F)cc2)C(=O)C[C@@H]1C(=O)Nc1ccccc1Cl. The van der Waals surface area contributed by atoms with E-state index in [0.717, 1.165) is 0 Å². The molecule has 2 amide bonds. The summed E-state index contributed by atoms with van der Waals surface area (Å²) in [5.41, 5.74) is 1.06. The summed E-state index contributed by atoms with van der Waals surface area (Å²) in [6.07, 6.45) is -0.255. The maximum atomic E-state index is 13.3. The summed E-state index contributed by atoms with van der Waals surface area (Å²) in [6, 6.07) is 11.9. The van der Waals surface area contributed by atoms with Crippen molar-refractivity contribution >= 4 is 40.8 Å². The number of anilines is 2. The van der Waals surface area contributed by atoms with Crippen LogP contribution in [0.1, 0.15) is 13.3 Å². The van der Waals surface area contributed by atoms with Gasteiger partial charge in [0.05, 0.1) is 29.3 Å². The fourth-order valence-electron chi connectivity index (χ4n) is 3.26. The van der Waals surface area contributed by atoms with Crippen molar-refractivity contribution in [2.45, 2.75) is 13.3 Å². The molecule has 3 rings (SSSR count). The Morgan fingerprint density at radius 2 is 1.83 bits per heavy atom. The first-order chi connectivity index (χ1) is 13.8. The second-order valence-corrected chi connectivity index (χ2v) is 6.83. The number of halogens is 2. The number of nitrogens with zero attached hydrogens (tertiary/aromatic N) is 1. The van der Waals surface area contributed by atoms with Gasteiger partial charge in [0.1, 0.15) is 5.82 Å². The molecule has 0 bridgehead atoms. The van der Waals surface area contributed by atoms with E-state index in [1.165, 1.54) is 36.3 Å². The van der Waals surface area contributed by atoms with Crippen LogP contribution in [0.4, 0.5) is 15.8 Å². The lowest BCUT2D eigenvalue weighted by molar-refractivity contribution is -0.138. The number of allylic oxidation sites excluding steroid dienone is 1. The maximum Gasteiger partial charge on any atom is 0.336 e. The van der Waals surface area contributed by atoms with Crippen LogP contribution in [0.15, 0.2) is 59.8 Å². The number of carbonyl (C=O) groups excluding carboxylic acids is 3. The van der Waals surface area contributed by atoms with Crippen LogP contribution in [0.5, 0.6) is 0 Å². The highest BCUT2D eigenvalue weighted by Crippen LogP contribution is 2.34. The third kappa shape index (κ3) is 4.14. The van der Waals surface area contributed by atoms with Gasteiger partial charge in [0, 0.05) is 17.8 Å². The molecule has 6 nitrogen and oxygen atoms in total. The minimum atomic E-state index is -1.05. The van der Waals surface area contributed by atoms with Gasteiger partial charge < -0.3 is 10.1 Å². The second kappa shape index (κ2) is 8.45. The van der Waals surface area contributed by atoms with Crippen LogP contribution in [0.2, 0.25) is 5.02 Å². The molecule has 2 aromatic carbocycles. The van der Waals surface area contributed by atoms with Crippen LogP contribution in [0.25, 0.3) is 0 Å². The fraction of sp³-hybridized carbons (Fsp3) is 0.190. The number of hydrogen-bond donors (Lipinski definition) is 1. The largest absolute Gasteiger partial charge is 0.466 e. The summed E-state index contributed by atoms with van der Waals surface area (Å²) in [5.74, 6) is -3.18. The molecule has 1 aliphatic rings. The zero-order valence-corrected chi connectivity index (χ0v) is 16.5. The molecule has 0 aromatic heterocycles. The first-order valence-corrected chi connectivity index (χ1v) is 9.14. The number of hydrogen-bond acceptors (Lipinski definition) is 4. The van der Waals surface area contributed by atoms with E-state index >= 15 is 0 Å². The summed E-state index contributed by atoms with van der Waals surface area (Å²) >= 11 is 6.08. The van der Waals surface area contributed by atoms with Gasteiger partial charge in [-0.2, -0.15) is 0 Å². The van der Waals surface area contributed by atoms with E-state index in [1.807, 2.05) is 0 Å². The highest BCUT2D eigenvalue weighted by Gasteiger charge is 2.40. The number of nitrogens with one attached hydrogen (secondary N) is 1. The standard InChI is InChI=1S/C21H18ClFN2O4/c1-12-19(21(28)29-2)15(20(27)24-17-6-4-3-5-16(17)22)11-18(26)25(12)14-9-7-13(23)8-10-14/h3-10,15H,11H2,1-2H3,(H,24,27)/t15-/m0/s1. The van der Waals surface area contributed by atoms with Gasteiger partial charge >= 0.3 is 5.97 Å². The van der Waals surface area contributed by atoms with E-state index in [0.29, 0.717) is 16.4 Å². The van der Waals surface area contributed by atoms with Gasteiger partial charge in [0.25, 0.3) is 0 Å². The van der Waals surface area contributed by atoms with Crippen molar-refractivity contribution in [3.63, 3.8) is 0 Å². The molecule has 0 radical (unpaired) electrons. The van der Waals surface area contributed by atoms with Crippen molar-refractivity contribution in [1.29, 1.82) is 0 Å². The molecule has 1 N–H and O–H groups in total. The van der Waals surface area contributed by atoms with Crippen LogP contribution in [-0.4, -0.2) is 24.9 Å². The molecule has 0 unspecified atom stereocenters. The fourth-order valence-corrected chi connectivity index (χ4v) is 3.44. The van der Waals surface area contributed by atoms with Crippen molar-refractivity contribution in [1.82, 2.24) is 0 Å². The first-order valence-electron chi connectivity index (χ1n) is 8.76. The molecule has 8 heteroatoms. The van der Waals surface area contributed by atoms with Crippen LogP contribution in [0.3, 0.4) is 0 Å². The molecule has 0 fully saturated rings. The van der Waals surface area contributed by atoms with Crippen molar-refractivity contribution in [3.8, 4) is 0 Å². The molecule has 150 valence electrons. The highest BCUT2D eigenvalue weighted by atomic mass is 35.5. The van der Waals surface area contributed by atoms with E-state index in [2.05, 4.69) is 5.32 Å². The Morgan fingerprint density at radius 3 is 2.45 bits per heavy atom. The molecule has 1 aliphatic heterocycles. The monoisotopic (exact) mass is 416 g/mol. The number of benzene rings is 2. The molecular formula is C21H18ClFN2O4. The van der Waals surface area contributed by atoms with Gasteiger partial charge in [-0.3, -0.25) is 14.5 Å². The quantitative estimate of drug-likeness (QED) is 0.766. The molecule has 0 saturated heterocycles. The molecular weight excluding hydrogens is 399 g/mol. The summed E-state index contributed by atoms with van der Waals surface area (Å²) in [5, 5.41) is 2.99. The zero-order valence-electron chi connectivity index (χ0n) is 15.7. The van der Waals surface area contributed by atoms with Gasteiger partial charge in [0.15, 0.2) is 0 Å². The summed E-state index contributed by atoms with van der Waals surface area (Å²) in [6.45, 7) is 1.54. The minimum Gasteiger partial charge on any atom is -0.466 e. The minimum absolute atomic E-state index is 0.0565. The lowest BCUT2D eigenvalue weighted by Crippen LogP contribution is -2.43. The van der Waals surface area contributed by atoms with Gasteiger partial charge in [-0.25, -0.2) is 9.18 Å². The Labute approximate surface area is 171 Å². The van der Waals surface area contributed by atoms with Gasteiger partial charge in [-0.05, 0) is 43.3 Å². The lowest BCUT2D eigenvalue weighted by Gasteiger charge is -2.33. The molecule has 29 heavy (non-hydrogen) atoms. The first kappa shape index (κ1) is 20.5. The number of esters is 1. The van der Waals surface area contributed by atoms with E-state index in [1.54, 1.807) is 31.2 Å². The zero-order chi connectivity index (χ0) is 21.1. The van der Waals surface area contributed by atoms with Gasteiger partial charge in [0.2, 0.25) is 11.8 Å². The van der Waals surface area contributed by atoms with Crippen molar-refractivity contribution in [2.24, 2.45) is 5.92 Å². The molecule has 0 aliphatic carbocycles. The normalized spacial score (nSPS) is 16.6. The number of carbonyl (C=O) groups is 3. The lowest BCUT2D eigenvalue weighted by atomic mass is 9.88. The van der Waals surface area contributed by atoms with Crippen molar-refractivity contribution in [3.05, 3.63) is 70.6 Å². The third-order valence-corrected chi connectivity index (χ3v) is 4.97. The molecule has 1 heterocycles. The van der Waals surface area contributed by atoms with Crippen LogP contribution >= 0.6 is 11.6 Å². The van der Waals surface area contributed by atoms with Gasteiger partial charge in [-0.1, -0.05) is 23.7 Å². The summed E-state index contributed by atoms with van der Waals surface area (Å²) in [4.78, 5) is 39.5. The summed E-state index contributed by atoms with van der Waals surface area (Å²) < 4.78 is 18.1. The van der Waals surface area contributed by atoms with Crippen LogP contribution in [-0.2, 0) is 19.1 Å². The molecule has 1 atom stereocenters. The Bertz CT molecular complexity index is 1000. The number of methoxy groups -OCH3 is 1. The number of para-hydroxylation sites is 1. The van der Waals surface area contributed by atoms with Crippen LogP contribution in [0, 0.1) is 11.7 Å². The maximum absolute atomic E-state index is 13.3. The third-order valence-electron chi connectivity index (χ3n) is 4.64. The van der Waals surface area contributed by atoms with Gasteiger partial charge in [-0.15, -0.1) is 0 Å². The Hall–Kier alpha value is -3.19. The predicted octanol–water partition coefficient (Wildman–Crippen LogP) is 3.92. The molecule has 0 spiro atoms. The van der Waals surface area contributed by atoms with E-state index < -0.39 is 29.5 Å². The number of amides is 2. The summed E-state index contributed by atoms with van der Waals surface area (Å²) in [7, 11) is 1.20. The van der Waals surface area contributed by atoms with E-state index in [4.69, 9.17) is 16.3 Å². The predicted molar refractivity (Wildman–Crippen MR) is 107 cm³/mol. The topological polar surface area (TPSA) is 75.7 Å². The number of ether oxygens (including phenoxy) is 1. The average molecular weight is 417 g/mol. The van der Waals surface area contributed by atoms with Crippen molar-refractivity contribution < 1.29 is 23.5 Å². The smallest absolute Gasteiger partial charge is 0.336 e. The molecule has 2 aromatic rings. The molecule has 0 saturated carbocycles. The van der Waals surface area contributed by atoms with E-state index in [-0.39, 0.29) is 17.7 Å².